The number of aliphatic imine (C=N–C) groups is 1. The third-order valence-electron chi connectivity index (χ3n) is 2.83. The Bertz CT molecular complexity index is 506. The molecular formula is C12H11N2O2+. The van der Waals surface area contributed by atoms with E-state index in [-0.39, 0.29) is 0 Å². The highest BCUT2D eigenvalue weighted by Gasteiger charge is 2.31. The number of fused-ring (bicyclic) bond motifs is 3. The molecule has 1 aromatic rings. The van der Waals surface area contributed by atoms with E-state index in [2.05, 4.69) is 4.99 Å². The minimum absolute atomic E-state index is 0.395. The summed E-state index contributed by atoms with van der Waals surface area (Å²) in [6.45, 7) is 0.491. The lowest BCUT2D eigenvalue weighted by Gasteiger charge is -2.22. The van der Waals surface area contributed by atoms with Crippen LogP contribution in [-0.4, -0.2) is 18.7 Å². The third kappa shape index (κ3) is 1.27. The number of carbonyl (C=O) groups excluding carboxylic acids is 1. The largest absolute Gasteiger partial charge is 0.475 e. The molecule has 0 spiro atoms. The maximum absolute atomic E-state index is 10.6. The highest BCUT2D eigenvalue weighted by molar-refractivity contribution is 5.82. The van der Waals surface area contributed by atoms with Gasteiger partial charge in [0.05, 0.1) is 6.20 Å². The van der Waals surface area contributed by atoms with Crippen LogP contribution in [0.2, 0.25) is 0 Å². The van der Waals surface area contributed by atoms with Crippen molar-refractivity contribution in [1.82, 2.24) is 0 Å². The Morgan fingerprint density at radius 3 is 3.31 bits per heavy atom. The van der Waals surface area contributed by atoms with Crippen molar-refractivity contribution in [2.45, 2.75) is 6.42 Å². The summed E-state index contributed by atoms with van der Waals surface area (Å²) in [5.74, 6) is 1.80. The van der Waals surface area contributed by atoms with Crippen molar-refractivity contribution in [3.8, 4) is 5.75 Å². The van der Waals surface area contributed by atoms with E-state index in [1.165, 1.54) is 0 Å². The lowest BCUT2D eigenvalue weighted by atomic mass is 10.1. The molecular weight excluding hydrogens is 204 g/mol. The van der Waals surface area contributed by atoms with Gasteiger partial charge in [-0.15, -0.1) is 0 Å². The summed E-state index contributed by atoms with van der Waals surface area (Å²) in [6.07, 6.45) is 5.07. The van der Waals surface area contributed by atoms with Crippen LogP contribution in [0.5, 0.6) is 5.75 Å². The maximum Gasteiger partial charge on any atom is 0.249 e. The van der Waals surface area contributed by atoms with Gasteiger partial charge in [-0.2, -0.15) is 4.99 Å². The van der Waals surface area contributed by atoms with Crippen LogP contribution in [0.1, 0.15) is 5.56 Å². The SMILES string of the molecule is O=CCc1cccc2c1OCC1=NC=C[NH+]12. The smallest absolute Gasteiger partial charge is 0.249 e. The zero-order valence-corrected chi connectivity index (χ0v) is 8.64. The Morgan fingerprint density at radius 2 is 2.44 bits per heavy atom. The molecule has 1 atom stereocenters. The number of benzene rings is 1. The van der Waals surface area contributed by atoms with Gasteiger partial charge in [0.25, 0.3) is 0 Å². The van der Waals surface area contributed by atoms with E-state index in [4.69, 9.17) is 4.74 Å². The Kier molecular flexibility index (Phi) is 2.08. The van der Waals surface area contributed by atoms with Gasteiger partial charge in [0.1, 0.15) is 12.5 Å². The maximum atomic E-state index is 10.6. The second-order valence-electron chi connectivity index (χ2n) is 3.76. The van der Waals surface area contributed by atoms with E-state index in [1.807, 2.05) is 24.4 Å². The normalized spacial score (nSPS) is 20.8. The van der Waals surface area contributed by atoms with Crippen LogP contribution in [-0.2, 0) is 11.2 Å². The second-order valence-corrected chi connectivity index (χ2v) is 3.76. The zero-order chi connectivity index (χ0) is 11.0. The average Bonchev–Trinajstić information content (AvgIpc) is 2.78. The highest BCUT2D eigenvalue weighted by atomic mass is 16.5. The Morgan fingerprint density at radius 1 is 1.50 bits per heavy atom. The first-order valence-corrected chi connectivity index (χ1v) is 5.19. The number of rotatable bonds is 2. The van der Waals surface area contributed by atoms with Crippen molar-refractivity contribution in [3.05, 3.63) is 36.2 Å². The molecule has 0 saturated heterocycles. The monoisotopic (exact) mass is 215 g/mol. The molecule has 0 aromatic heterocycles. The Labute approximate surface area is 92.9 Å². The molecule has 4 nitrogen and oxygen atoms in total. The summed E-state index contributed by atoms with van der Waals surface area (Å²) in [7, 11) is 0. The molecule has 2 aliphatic rings. The van der Waals surface area contributed by atoms with Crippen LogP contribution >= 0.6 is 0 Å². The molecule has 0 bridgehead atoms. The second kappa shape index (κ2) is 3.57. The molecule has 0 radical (unpaired) electrons. The molecule has 0 fully saturated rings. The highest BCUT2D eigenvalue weighted by Crippen LogP contribution is 2.28. The Balaban J connectivity index is 2.11. The first-order valence-electron chi connectivity index (χ1n) is 5.19. The van der Waals surface area contributed by atoms with Gasteiger partial charge >= 0.3 is 0 Å². The number of carbonyl (C=O) groups is 1. The van der Waals surface area contributed by atoms with E-state index < -0.39 is 0 Å². The van der Waals surface area contributed by atoms with E-state index >= 15 is 0 Å². The molecule has 2 aliphatic heterocycles. The van der Waals surface area contributed by atoms with Crippen LogP contribution in [0, 0.1) is 0 Å². The quantitative estimate of drug-likeness (QED) is 0.717. The molecule has 1 aromatic carbocycles. The van der Waals surface area contributed by atoms with Crippen LogP contribution in [0.3, 0.4) is 0 Å². The zero-order valence-electron chi connectivity index (χ0n) is 8.64. The number of quaternary nitrogens is 1. The molecule has 3 rings (SSSR count). The van der Waals surface area contributed by atoms with Crippen molar-refractivity contribution >= 4 is 17.8 Å². The fraction of sp³-hybridized carbons (Fsp3) is 0.167. The first kappa shape index (κ1) is 9.30. The molecule has 2 heterocycles. The fourth-order valence-corrected chi connectivity index (χ4v) is 2.09. The molecule has 80 valence electrons. The number of aldehydes is 1. The van der Waals surface area contributed by atoms with Gasteiger partial charge in [0, 0.05) is 18.1 Å². The molecule has 0 saturated carbocycles. The number of amidine groups is 1. The number of nitrogens with one attached hydrogen (secondary N) is 1. The molecule has 1 N–H and O–H groups in total. The van der Waals surface area contributed by atoms with Gasteiger partial charge in [-0.25, -0.2) is 4.90 Å². The lowest BCUT2D eigenvalue weighted by molar-refractivity contribution is -0.669. The topological polar surface area (TPSA) is 43.1 Å². The fourth-order valence-electron chi connectivity index (χ4n) is 2.09. The molecule has 0 aliphatic carbocycles. The van der Waals surface area contributed by atoms with Gasteiger partial charge in [-0.3, -0.25) is 0 Å². The average molecular weight is 215 g/mol. The van der Waals surface area contributed by atoms with Crippen LogP contribution in [0.4, 0.5) is 5.69 Å². The summed E-state index contributed by atoms with van der Waals surface area (Å²) in [4.78, 5) is 15.9. The summed E-state index contributed by atoms with van der Waals surface area (Å²) in [5, 5.41) is 0. The number of para-hydroxylation sites is 1. The third-order valence-corrected chi connectivity index (χ3v) is 2.83. The molecule has 4 heteroatoms. The van der Waals surface area contributed by atoms with Crippen molar-refractivity contribution in [3.63, 3.8) is 0 Å². The molecule has 16 heavy (non-hydrogen) atoms. The molecule has 0 amide bonds. The number of hydrogen-bond acceptors (Lipinski definition) is 3. The van der Waals surface area contributed by atoms with Gasteiger partial charge < -0.3 is 9.53 Å². The summed E-state index contributed by atoms with van der Waals surface area (Å²) >= 11 is 0. The number of nitrogens with zero attached hydrogens (tertiary/aromatic N) is 1. The van der Waals surface area contributed by atoms with E-state index in [0.29, 0.717) is 13.0 Å². The van der Waals surface area contributed by atoms with Crippen molar-refractivity contribution in [2.24, 2.45) is 4.99 Å². The Hall–Kier alpha value is -1.94. The predicted octanol–water partition coefficient (Wildman–Crippen LogP) is 0.220. The van der Waals surface area contributed by atoms with Gasteiger partial charge in [-0.1, -0.05) is 12.1 Å². The first-order chi connectivity index (χ1) is 7.90. The van der Waals surface area contributed by atoms with E-state index in [0.717, 1.165) is 34.0 Å². The number of hydrogen-bond donors (Lipinski definition) is 1. The molecule has 1 unspecified atom stereocenters. The summed E-state index contributed by atoms with van der Waals surface area (Å²) in [6, 6.07) is 5.88. The van der Waals surface area contributed by atoms with Crippen LogP contribution in [0.25, 0.3) is 0 Å². The minimum atomic E-state index is 0.395. The van der Waals surface area contributed by atoms with Crippen LogP contribution < -0.4 is 9.64 Å². The van der Waals surface area contributed by atoms with Gasteiger partial charge in [0.2, 0.25) is 5.84 Å². The van der Waals surface area contributed by atoms with Gasteiger partial charge in [-0.05, 0) is 0 Å². The lowest BCUT2D eigenvalue weighted by Crippen LogP contribution is -3.06. The standard InChI is InChI=1S/C12H10N2O2/c15-7-4-9-2-1-3-10-12(9)16-8-11-13-5-6-14(10)11/h1-3,5-7H,4,8H2/p+1. The number of ether oxygens (including phenoxy) is 1. The van der Waals surface area contributed by atoms with Gasteiger partial charge in [0.15, 0.2) is 18.0 Å². The summed E-state index contributed by atoms with van der Waals surface area (Å²) < 4.78 is 5.67. The summed E-state index contributed by atoms with van der Waals surface area (Å²) in [5.41, 5.74) is 1.98. The van der Waals surface area contributed by atoms with Crippen molar-refractivity contribution in [2.75, 3.05) is 6.61 Å². The van der Waals surface area contributed by atoms with Crippen molar-refractivity contribution in [1.29, 1.82) is 0 Å². The predicted molar refractivity (Wildman–Crippen MR) is 58.9 cm³/mol. The minimum Gasteiger partial charge on any atom is -0.475 e. The van der Waals surface area contributed by atoms with Crippen molar-refractivity contribution < 1.29 is 14.4 Å². The van der Waals surface area contributed by atoms with E-state index in [9.17, 15) is 4.79 Å². The van der Waals surface area contributed by atoms with E-state index in [1.54, 1.807) is 6.20 Å². The van der Waals surface area contributed by atoms with Crippen LogP contribution in [0.15, 0.2) is 35.6 Å².